The first-order chi connectivity index (χ1) is 14.8. The van der Waals surface area contributed by atoms with Gasteiger partial charge in [0.2, 0.25) is 6.79 Å². The molecule has 154 valence electrons. The van der Waals surface area contributed by atoms with Gasteiger partial charge in [-0.25, -0.2) is 0 Å². The Morgan fingerprint density at radius 1 is 0.900 bits per heavy atom. The van der Waals surface area contributed by atoms with Crippen molar-refractivity contribution in [2.45, 2.75) is 19.0 Å². The Hall–Kier alpha value is -3.18. The van der Waals surface area contributed by atoms with Crippen LogP contribution in [0, 0.1) is 0 Å². The summed E-state index contributed by atoms with van der Waals surface area (Å²) >= 11 is 0. The van der Waals surface area contributed by atoms with Crippen LogP contribution in [0.15, 0.2) is 60.7 Å². The van der Waals surface area contributed by atoms with Crippen LogP contribution in [-0.2, 0) is 13.0 Å². The molecule has 0 radical (unpaired) electrons. The summed E-state index contributed by atoms with van der Waals surface area (Å²) in [6.45, 7) is 2.10. The third-order valence-corrected chi connectivity index (χ3v) is 5.91. The zero-order valence-corrected chi connectivity index (χ0v) is 17.3. The summed E-state index contributed by atoms with van der Waals surface area (Å²) in [4.78, 5) is 2.51. The van der Waals surface area contributed by atoms with Crippen LogP contribution in [0.2, 0.25) is 0 Å². The highest BCUT2D eigenvalue weighted by molar-refractivity contribution is 5.53. The second-order valence-electron chi connectivity index (χ2n) is 7.63. The van der Waals surface area contributed by atoms with Crippen LogP contribution in [0.3, 0.4) is 0 Å². The Morgan fingerprint density at radius 2 is 1.67 bits per heavy atom. The average molecular weight is 403 g/mol. The Kier molecular flexibility index (Phi) is 4.97. The van der Waals surface area contributed by atoms with Crippen LogP contribution >= 0.6 is 0 Å². The van der Waals surface area contributed by atoms with E-state index in [1.54, 1.807) is 14.2 Å². The number of benzene rings is 3. The van der Waals surface area contributed by atoms with Gasteiger partial charge in [0.25, 0.3) is 0 Å². The van der Waals surface area contributed by atoms with Gasteiger partial charge in [0.1, 0.15) is 0 Å². The standard InChI is InChI=1S/C25H25NO4/c1-27-22-12-18-10-11-26(15-17-6-4-3-5-7-17)25(20(18)14-23(22)28-2)19-8-9-21-24(13-19)30-16-29-21/h3-9,12-14,25H,10-11,15-16H2,1-2H3. The number of methoxy groups -OCH3 is 2. The second-order valence-corrected chi connectivity index (χ2v) is 7.63. The molecule has 5 rings (SSSR count). The molecule has 0 aliphatic carbocycles. The minimum atomic E-state index is 0.0864. The lowest BCUT2D eigenvalue weighted by Gasteiger charge is -2.38. The van der Waals surface area contributed by atoms with Crippen molar-refractivity contribution in [1.29, 1.82) is 0 Å². The van der Waals surface area contributed by atoms with Crippen molar-refractivity contribution in [1.82, 2.24) is 4.90 Å². The predicted molar refractivity (Wildman–Crippen MR) is 115 cm³/mol. The van der Waals surface area contributed by atoms with E-state index < -0.39 is 0 Å². The highest BCUT2D eigenvalue weighted by Crippen LogP contribution is 2.44. The number of ether oxygens (including phenoxy) is 4. The molecule has 0 aromatic heterocycles. The summed E-state index contributed by atoms with van der Waals surface area (Å²) < 4.78 is 22.4. The van der Waals surface area contributed by atoms with E-state index in [2.05, 4.69) is 59.5 Å². The molecule has 2 aliphatic rings. The number of rotatable bonds is 5. The van der Waals surface area contributed by atoms with Crippen molar-refractivity contribution in [2.24, 2.45) is 0 Å². The van der Waals surface area contributed by atoms with Crippen LogP contribution in [0.1, 0.15) is 28.3 Å². The molecule has 3 aromatic carbocycles. The largest absolute Gasteiger partial charge is 0.493 e. The minimum absolute atomic E-state index is 0.0864. The maximum Gasteiger partial charge on any atom is 0.231 e. The van der Waals surface area contributed by atoms with Gasteiger partial charge in [-0.2, -0.15) is 0 Å². The lowest BCUT2D eigenvalue weighted by atomic mass is 9.87. The molecule has 5 heteroatoms. The molecule has 0 N–H and O–H groups in total. The van der Waals surface area contributed by atoms with Crippen LogP contribution in [0.4, 0.5) is 0 Å². The highest BCUT2D eigenvalue weighted by Gasteiger charge is 2.31. The Balaban J connectivity index is 1.61. The van der Waals surface area contributed by atoms with Crippen molar-refractivity contribution < 1.29 is 18.9 Å². The summed E-state index contributed by atoms with van der Waals surface area (Å²) in [6, 6.07) is 21.2. The molecule has 0 bridgehead atoms. The SMILES string of the molecule is COc1cc2c(cc1OC)C(c1ccc3c(c1)OCO3)N(Cc1ccccc1)CC2. The van der Waals surface area contributed by atoms with Crippen molar-refractivity contribution in [3.63, 3.8) is 0 Å². The van der Waals surface area contributed by atoms with E-state index in [1.807, 2.05) is 6.07 Å². The number of nitrogens with zero attached hydrogens (tertiary/aromatic N) is 1. The molecule has 2 heterocycles. The Bertz CT molecular complexity index is 1050. The van der Waals surface area contributed by atoms with E-state index >= 15 is 0 Å². The molecule has 0 fully saturated rings. The predicted octanol–water partition coefficient (Wildman–Crippen LogP) is 4.58. The topological polar surface area (TPSA) is 40.2 Å². The van der Waals surface area contributed by atoms with E-state index in [-0.39, 0.29) is 12.8 Å². The zero-order valence-electron chi connectivity index (χ0n) is 17.3. The molecular formula is C25H25NO4. The summed E-state index contributed by atoms with van der Waals surface area (Å²) in [5, 5.41) is 0. The summed E-state index contributed by atoms with van der Waals surface area (Å²) in [5.41, 5.74) is 5.02. The first-order valence-corrected chi connectivity index (χ1v) is 10.2. The van der Waals surface area contributed by atoms with E-state index in [0.29, 0.717) is 0 Å². The monoisotopic (exact) mass is 403 g/mol. The van der Waals surface area contributed by atoms with Crippen molar-refractivity contribution in [2.75, 3.05) is 27.6 Å². The van der Waals surface area contributed by atoms with Crippen LogP contribution in [0.25, 0.3) is 0 Å². The molecule has 2 aliphatic heterocycles. The maximum absolute atomic E-state index is 5.67. The first kappa shape index (κ1) is 18.8. The lowest BCUT2D eigenvalue weighted by molar-refractivity contribution is 0.173. The van der Waals surface area contributed by atoms with Crippen molar-refractivity contribution in [3.05, 3.63) is 82.9 Å². The third-order valence-electron chi connectivity index (χ3n) is 5.91. The van der Waals surface area contributed by atoms with Gasteiger partial charge in [-0.05, 0) is 52.9 Å². The lowest BCUT2D eigenvalue weighted by Crippen LogP contribution is -2.35. The van der Waals surface area contributed by atoms with Gasteiger partial charge in [-0.15, -0.1) is 0 Å². The fraction of sp³-hybridized carbons (Fsp3) is 0.280. The molecule has 0 amide bonds. The molecule has 5 nitrogen and oxygen atoms in total. The molecule has 0 spiro atoms. The van der Waals surface area contributed by atoms with Gasteiger partial charge in [0, 0.05) is 13.1 Å². The van der Waals surface area contributed by atoms with E-state index in [4.69, 9.17) is 18.9 Å². The molecule has 30 heavy (non-hydrogen) atoms. The van der Waals surface area contributed by atoms with Gasteiger partial charge in [0.15, 0.2) is 23.0 Å². The first-order valence-electron chi connectivity index (χ1n) is 10.2. The van der Waals surface area contributed by atoms with Crippen LogP contribution in [-0.4, -0.2) is 32.5 Å². The zero-order chi connectivity index (χ0) is 20.5. The average Bonchev–Trinajstić information content (AvgIpc) is 3.26. The molecular weight excluding hydrogens is 378 g/mol. The van der Waals surface area contributed by atoms with Crippen molar-refractivity contribution >= 4 is 0 Å². The fourth-order valence-electron chi connectivity index (χ4n) is 4.46. The van der Waals surface area contributed by atoms with Crippen LogP contribution < -0.4 is 18.9 Å². The maximum atomic E-state index is 5.67. The normalized spacial score (nSPS) is 17.5. The molecule has 0 saturated heterocycles. The summed E-state index contributed by atoms with van der Waals surface area (Å²) in [5.74, 6) is 3.14. The number of hydrogen-bond donors (Lipinski definition) is 0. The molecule has 1 unspecified atom stereocenters. The fourth-order valence-corrected chi connectivity index (χ4v) is 4.46. The number of fused-ring (bicyclic) bond motifs is 2. The number of hydrogen-bond acceptors (Lipinski definition) is 5. The van der Waals surface area contributed by atoms with E-state index in [0.717, 1.165) is 42.5 Å². The molecule has 3 aromatic rings. The smallest absolute Gasteiger partial charge is 0.231 e. The summed E-state index contributed by atoms with van der Waals surface area (Å²) in [7, 11) is 3.37. The summed E-state index contributed by atoms with van der Waals surface area (Å²) in [6.07, 6.45) is 0.962. The van der Waals surface area contributed by atoms with Crippen molar-refractivity contribution in [3.8, 4) is 23.0 Å². The Labute approximate surface area is 176 Å². The van der Waals surface area contributed by atoms with E-state index in [1.165, 1.54) is 22.3 Å². The third kappa shape index (κ3) is 3.35. The second kappa shape index (κ2) is 7.92. The van der Waals surface area contributed by atoms with Gasteiger partial charge in [-0.1, -0.05) is 36.4 Å². The van der Waals surface area contributed by atoms with E-state index in [9.17, 15) is 0 Å². The van der Waals surface area contributed by atoms with Crippen LogP contribution in [0.5, 0.6) is 23.0 Å². The van der Waals surface area contributed by atoms with Gasteiger partial charge in [0.05, 0.1) is 20.3 Å². The minimum Gasteiger partial charge on any atom is -0.493 e. The van der Waals surface area contributed by atoms with Gasteiger partial charge >= 0.3 is 0 Å². The van der Waals surface area contributed by atoms with Gasteiger partial charge in [-0.3, -0.25) is 4.90 Å². The molecule has 1 atom stereocenters. The van der Waals surface area contributed by atoms with Gasteiger partial charge < -0.3 is 18.9 Å². The highest BCUT2D eigenvalue weighted by atomic mass is 16.7. The Morgan fingerprint density at radius 3 is 2.47 bits per heavy atom. The molecule has 0 saturated carbocycles. The quantitative estimate of drug-likeness (QED) is 0.624.